The largest absolute Gasteiger partial charge is 0.385 e. The number of aromatic nitrogens is 4. The average Bonchev–Trinajstić information content (AvgIpc) is 3.73. The standard InChI is InChI=1S/C34H33N7O4/c42-28-10-9-27(32(43)38-28)41-33(44)24-8-7-22(17-25(24)34(41)45)35-12-1-3-19-15-23(16-19)40-18-26(29(39-40)21-5-6-21)31-30-20(11-14-37-31)4-2-13-36-30/h2,4,7-8,11,13-14,17-19,21,23,27,35H,1,3,5-6,9-10,12,15-16H2,(H,38,42,43). The molecule has 11 nitrogen and oxygen atoms in total. The quantitative estimate of drug-likeness (QED) is 0.209. The number of fused-ring (bicyclic) bond motifs is 2. The van der Waals surface area contributed by atoms with E-state index in [2.05, 4.69) is 32.6 Å². The zero-order chi connectivity index (χ0) is 30.7. The number of rotatable bonds is 9. The molecule has 2 saturated carbocycles. The van der Waals surface area contributed by atoms with Crippen molar-refractivity contribution in [3.05, 3.63) is 71.8 Å². The van der Waals surface area contributed by atoms with Gasteiger partial charge in [-0.15, -0.1) is 0 Å². The van der Waals surface area contributed by atoms with Crippen molar-refractivity contribution in [1.82, 2.24) is 30.0 Å². The van der Waals surface area contributed by atoms with E-state index < -0.39 is 23.8 Å². The van der Waals surface area contributed by atoms with E-state index >= 15 is 0 Å². The normalized spacial score (nSPS) is 22.8. The van der Waals surface area contributed by atoms with Crippen molar-refractivity contribution >= 4 is 40.2 Å². The molecule has 4 aromatic rings. The second-order valence-corrected chi connectivity index (χ2v) is 12.7. The molecular formula is C34H33N7O4. The molecule has 8 rings (SSSR count). The molecule has 228 valence electrons. The summed E-state index contributed by atoms with van der Waals surface area (Å²) < 4.78 is 2.17. The summed E-state index contributed by atoms with van der Waals surface area (Å²) >= 11 is 0. The molecule has 0 spiro atoms. The van der Waals surface area contributed by atoms with Crippen LogP contribution in [0, 0.1) is 5.92 Å². The summed E-state index contributed by atoms with van der Waals surface area (Å²) in [5, 5.41) is 11.8. The molecule has 1 aromatic carbocycles. The van der Waals surface area contributed by atoms with Crippen LogP contribution in [0.4, 0.5) is 5.69 Å². The first kappa shape index (κ1) is 27.6. The lowest BCUT2D eigenvalue weighted by molar-refractivity contribution is -0.136. The first-order valence-corrected chi connectivity index (χ1v) is 15.8. The molecular weight excluding hydrogens is 570 g/mol. The van der Waals surface area contributed by atoms with Crippen molar-refractivity contribution in [3.8, 4) is 11.3 Å². The molecule has 2 aliphatic carbocycles. The number of hydrogen-bond acceptors (Lipinski definition) is 8. The molecule has 3 aromatic heterocycles. The number of carbonyl (C=O) groups is 4. The Labute approximate surface area is 259 Å². The zero-order valence-electron chi connectivity index (χ0n) is 24.7. The van der Waals surface area contributed by atoms with Gasteiger partial charge in [-0.2, -0.15) is 5.10 Å². The summed E-state index contributed by atoms with van der Waals surface area (Å²) in [4.78, 5) is 60.2. The van der Waals surface area contributed by atoms with Crippen LogP contribution in [0.2, 0.25) is 0 Å². The van der Waals surface area contributed by atoms with Crippen LogP contribution in [0.3, 0.4) is 0 Å². The highest BCUT2D eigenvalue weighted by Crippen LogP contribution is 2.46. The Bertz CT molecular complexity index is 1870. The Hall–Kier alpha value is -4.93. The topological polar surface area (TPSA) is 139 Å². The molecule has 2 N–H and O–H groups in total. The number of nitrogens with one attached hydrogen (secondary N) is 2. The molecule has 1 atom stereocenters. The van der Waals surface area contributed by atoms with Crippen molar-refractivity contribution in [2.45, 2.75) is 69.4 Å². The molecule has 1 saturated heterocycles. The number of amides is 4. The van der Waals surface area contributed by atoms with Crippen molar-refractivity contribution in [3.63, 3.8) is 0 Å². The average molecular weight is 604 g/mol. The maximum Gasteiger partial charge on any atom is 0.262 e. The summed E-state index contributed by atoms with van der Waals surface area (Å²) in [6.45, 7) is 0.746. The van der Waals surface area contributed by atoms with Crippen LogP contribution >= 0.6 is 0 Å². The second kappa shape index (κ2) is 10.9. The van der Waals surface area contributed by atoms with Gasteiger partial charge < -0.3 is 5.32 Å². The molecule has 11 heteroatoms. The Morgan fingerprint density at radius 3 is 2.58 bits per heavy atom. The number of nitrogens with zero attached hydrogens (tertiary/aromatic N) is 5. The van der Waals surface area contributed by atoms with Crippen LogP contribution in [0.25, 0.3) is 22.2 Å². The summed E-state index contributed by atoms with van der Waals surface area (Å²) in [6.07, 6.45) is 12.7. The maximum atomic E-state index is 13.1. The van der Waals surface area contributed by atoms with Crippen molar-refractivity contribution < 1.29 is 19.2 Å². The summed E-state index contributed by atoms with van der Waals surface area (Å²) in [5.41, 5.74) is 5.45. The highest BCUT2D eigenvalue weighted by atomic mass is 16.2. The van der Waals surface area contributed by atoms with E-state index in [1.165, 1.54) is 12.8 Å². The smallest absolute Gasteiger partial charge is 0.262 e. The number of pyridine rings is 2. The van der Waals surface area contributed by atoms with Crippen molar-refractivity contribution in [2.24, 2.45) is 5.92 Å². The van der Waals surface area contributed by atoms with E-state index in [0.29, 0.717) is 17.9 Å². The van der Waals surface area contributed by atoms with E-state index in [0.717, 1.165) is 70.7 Å². The predicted molar refractivity (Wildman–Crippen MR) is 165 cm³/mol. The monoisotopic (exact) mass is 603 g/mol. The first-order valence-electron chi connectivity index (χ1n) is 15.8. The summed E-state index contributed by atoms with van der Waals surface area (Å²) in [5.74, 6) is -0.832. The van der Waals surface area contributed by atoms with Gasteiger partial charge in [-0.05, 0) is 81.2 Å². The minimum Gasteiger partial charge on any atom is -0.385 e. The molecule has 1 unspecified atom stereocenters. The van der Waals surface area contributed by atoms with E-state index in [-0.39, 0.29) is 29.9 Å². The first-order chi connectivity index (χ1) is 21.9. The van der Waals surface area contributed by atoms with Gasteiger partial charge in [-0.3, -0.25) is 44.0 Å². The number of benzene rings is 1. The van der Waals surface area contributed by atoms with Gasteiger partial charge in [0.15, 0.2) is 0 Å². The summed E-state index contributed by atoms with van der Waals surface area (Å²) in [6, 6.07) is 10.6. The van der Waals surface area contributed by atoms with Gasteiger partial charge in [0, 0.05) is 54.1 Å². The highest BCUT2D eigenvalue weighted by molar-refractivity contribution is 6.23. The van der Waals surface area contributed by atoms with Crippen molar-refractivity contribution in [2.75, 3.05) is 11.9 Å². The van der Waals surface area contributed by atoms with Gasteiger partial charge in [0.1, 0.15) is 6.04 Å². The lowest BCUT2D eigenvalue weighted by Crippen LogP contribution is -2.54. The maximum absolute atomic E-state index is 13.1. The molecule has 0 bridgehead atoms. The Balaban J connectivity index is 0.860. The van der Waals surface area contributed by atoms with E-state index in [1.54, 1.807) is 18.2 Å². The third-order valence-corrected chi connectivity index (χ3v) is 9.64. The van der Waals surface area contributed by atoms with Crippen LogP contribution in [0.5, 0.6) is 0 Å². The summed E-state index contributed by atoms with van der Waals surface area (Å²) in [7, 11) is 0. The van der Waals surface area contributed by atoms with Crippen LogP contribution in [0.1, 0.15) is 89.7 Å². The fourth-order valence-electron chi connectivity index (χ4n) is 6.99. The predicted octanol–water partition coefficient (Wildman–Crippen LogP) is 4.62. The number of hydrogen-bond donors (Lipinski definition) is 2. The fraction of sp³-hybridized carbons (Fsp3) is 0.382. The van der Waals surface area contributed by atoms with E-state index in [1.807, 2.05) is 24.5 Å². The van der Waals surface area contributed by atoms with Crippen molar-refractivity contribution in [1.29, 1.82) is 0 Å². The van der Waals surface area contributed by atoms with Gasteiger partial charge >= 0.3 is 0 Å². The van der Waals surface area contributed by atoms with Gasteiger partial charge in [-0.1, -0.05) is 6.07 Å². The number of imide groups is 2. The Kier molecular flexibility index (Phi) is 6.69. The van der Waals surface area contributed by atoms with Crippen LogP contribution in [-0.2, 0) is 9.59 Å². The van der Waals surface area contributed by atoms with Crippen LogP contribution in [-0.4, -0.2) is 60.9 Å². The minimum absolute atomic E-state index is 0.100. The third kappa shape index (κ3) is 4.96. The Morgan fingerprint density at radius 1 is 0.911 bits per heavy atom. The van der Waals surface area contributed by atoms with E-state index in [4.69, 9.17) is 10.1 Å². The fourth-order valence-corrected chi connectivity index (χ4v) is 6.99. The highest BCUT2D eigenvalue weighted by Gasteiger charge is 2.44. The van der Waals surface area contributed by atoms with Crippen LogP contribution in [0.15, 0.2) is 55.0 Å². The molecule has 3 fully saturated rings. The van der Waals surface area contributed by atoms with Gasteiger partial charge in [0.05, 0.1) is 34.1 Å². The molecule has 4 amide bonds. The number of carbonyl (C=O) groups excluding carboxylic acids is 4. The molecule has 5 heterocycles. The molecule has 4 aliphatic rings. The zero-order valence-corrected chi connectivity index (χ0v) is 24.7. The SMILES string of the molecule is O=C1CCC(N2C(=O)c3ccc(NCCCC4CC(n5cc(-c6nccc7cccnc67)c(C6CC6)n5)C4)cc3C2=O)C(=O)N1. The van der Waals surface area contributed by atoms with Gasteiger partial charge in [0.2, 0.25) is 11.8 Å². The van der Waals surface area contributed by atoms with Gasteiger partial charge in [0.25, 0.3) is 11.8 Å². The molecule has 45 heavy (non-hydrogen) atoms. The van der Waals surface area contributed by atoms with Crippen LogP contribution < -0.4 is 10.6 Å². The number of piperidine rings is 1. The molecule has 0 radical (unpaired) electrons. The number of anilines is 1. The third-order valence-electron chi connectivity index (χ3n) is 9.64. The minimum atomic E-state index is -0.960. The van der Waals surface area contributed by atoms with E-state index in [9.17, 15) is 19.2 Å². The second-order valence-electron chi connectivity index (χ2n) is 12.7. The molecule has 2 aliphatic heterocycles. The van der Waals surface area contributed by atoms with Gasteiger partial charge in [-0.25, -0.2) is 0 Å². The lowest BCUT2D eigenvalue weighted by Gasteiger charge is -2.35. The lowest BCUT2D eigenvalue weighted by atomic mass is 9.77. The Morgan fingerprint density at radius 2 is 1.76 bits per heavy atom.